The van der Waals surface area contributed by atoms with Crippen molar-refractivity contribution in [2.24, 2.45) is 0 Å². The van der Waals surface area contributed by atoms with Gasteiger partial charge in [-0.2, -0.15) is 0 Å². The molecule has 3 N–H and O–H groups in total. The molecule has 0 spiro atoms. The van der Waals surface area contributed by atoms with Crippen molar-refractivity contribution in [3.63, 3.8) is 0 Å². The number of ether oxygens (including phenoxy) is 1. The summed E-state index contributed by atoms with van der Waals surface area (Å²) >= 11 is 0. The summed E-state index contributed by atoms with van der Waals surface area (Å²) in [6.07, 6.45) is 53.3. The molecule has 1 amide bonds. The number of rotatable bonds is 47. The van der Waals surface area contributed by atoms with Crippen molar-refractivity contribution in [1.82, 2.24) is 5.32 Å². The van der Waals surface area contributed by atoms with E-state index in [1.165, 1.54) is 199 Å². The van der Waals surface area contributed by atoms with Gasteiger partial charge in [-0.25, -0.2) is 0 Å². The van der Waals surface area contributed by atoms with Crippen LogP contribution in [0.3, 0.4) is 0 Å². The molecule has 0 saturated heterocycles. The maximum Gasteiger partial charge on any atom is 0.305 e. The molecule has 0 fully saturated rings. The third-order valence-corrected chi connectivity index (χ3v) is 11.8. The van der Waals surface area contributed by atoms with E-state index in [0.29, 0.717) is 25.9 Å². The smallest absolute Gasteiger partial charge is 0.305 e. The van der Waals surface area contributed by atoms with Gasteiger partial charge in [-0.1, -0.05) is 225 Å². The summed E-state index contributed by atoms with van der Waals surface area (Å²) in [7, 11) is 0. The van der Waals surface area contributed by atoms with E-state index in [4.69, 9.17) is 4.74 Å². The molecular weight excluding hydrogens is 707 g/mol. The molecule has 0 saturated carbocycles. The van der Waals surface area contributed by atoms with Crippen molar-refractivity contribution in [3.05, 3.63) is 12.2 Å². The first-order valence-corrected chi connectivity index (χ1v) is 25.4. The lowest BCUT2D eigenvalue weighted by Crippen LogP contribution is -2.45. The van der Waals surface area contributed by atoms with Crippen LogP contribution in [-0.2, 0) is 14.3 Å². The first kappa shape index (κ1) is 55.6. The number of amides is 1. The minimum Gasteiger partial charge on any atom is -0.466 e. The summed E-state index contributed by atoms with van der Waals surface area (Å²) < 4.78 is 5.46. The third kappa shape index (κ3) is 44.0. The fourth-order valence-electron chi connectivity index (χ4n) is 7.87. The number of hydrogen-bond acceptors (Lipinski definition) is 5. The second kappa shape index (κ2) is 47.3. The van der Waals surface area contributed by atoms with E-state index in [1.807, 2.05) is 0 Å². The molecule has 0 radical (unpaired) electrons. The molecule has 2 atom stereocenters. The number of aliphatic hydroxyl groups excluding tert-OH is 2. The van der Waals surface area contributed by atoms with Gasteiger partial charge in [0.25, 0.3) is 0 Å². The van der Waals surface area contributed by atoms with E-state index in [-0.39, 0.29) is 18.5 Å². The first-order chi connectivity index (χ1) is 28.0. The Kier molecular flexibility index (Phi) is 46.1. The highest BCUT2D eigenvalue weighted by Gasteiger charge is 2.20. The number of aliphatic hydroxyl groups is 2. The summed E-state index contributed by atoms with van der Waals surface area (Å²) in [5.41, 5.74) is 0. The number of nitrogens with one attached hydrogen (secondary N) is 1. The molecule has 6 nitrogen and oxygen atoms in total. The fraction of sp³-hybridized carbons (Fsp3) is 0.922. The molecule has 6 heteroatoms. The molecule has 0 heterocycles. The number of esters is 1. The molecule has 0 aromatic carbocycles. The van der Waals surface area contributed by atoms with E-state index in [2.05, 4.69) is 31.3 Å². The molecule has 57 heavy (non-hydrogen) atoms. The Morgan fingerprint density at radius 2 is 0.825 bits per heavy atom. The van der Waals surface area contributed by atoms with Crippen molar-refractivity contribution in [3.8, 4) is 0 Å². The van der Waals surface area contributed by atoms with Crippen molar-refractivity contribution in [2.45, 2.75) is 289 Å². The average Bonchev–Trinajstić information content (AvgIpc) is 3.21. The van der Waals surface area contributed by atoms with Crippen LogP contribution >= 0.6 is 0 Å². The highest BCUT2D eigenvalue weighted by atomic mass is 16.5. The second-order valence-electron chi connectivity index (χ2n) is 17.5. The Bertz CT molecular complexity index is 847. The molecule has 0 aromatic heterocycles. The van der Waals surface area contributed by atoms with Gasteiger partial charge in [-0.3, -0.25) is 9.59 Å². The zero-order chi connectivity index (χ0) is 41.5. The summed E-state index contributed by atoms with van der Waals surface area (Å²) in [6, 6.07) is -0.541. The average molecular weight is 806 g/mol. The Balaban J connectivity index is 3.38. The van der Waals surface area contributed by atoms with Gasteiger partial charge in [-0.05, 0) is 51.4 Å². The Labute approximate surface area is 355 Å². The topological polar surface area (TPSA) is 95.9 Å². The van der Waals surface area contributed by atoms with Gasteiger partial charge >= 0.3 is 5.97 Å². The zero-order valence-corrected chi connectivity index (χ0v) is 38.3. The minimum atomic E-state index is -0.664. The van der Waals surface area contributed by atoms with Gasteiger partial charge in [-0.15, -0.1) is 0 Å². The molecular formula is C51H99NO5. The van der Waals surface area contributed by atoms with Crippen molar-refractivity contribution in [2.75, 3.05) is 13.2 Å². The van der Waals surface area contributed by atoms with Crippen LogP contribution in [0.15, 0.2) is 12.2 Å². The van der Waals surface area contributed by atoms with E-state index >= 15 is 0 Å². The molecule has 0 aliphatic heterocycles. The zero-order valence-electron chi connectivity index (χ0n) is 38.3. The maximum absolute atomic E-state index is 12.4. The van der Waals surface area contributed by atoms with Crippen LogP contribution in [0.2, 0.25) is 0 Å². The highest BCUT2D eigenvalue weighted by molar-refractivity contribution is 5.76. The molecule has 338 valence electrons. The molecule has 0 aliphatic rings. The van der Waals surface area contributed by atoms with Gasteiger partial charge in [0.15, 0.2) is 0 Å². The minimum absolute atomic E-state index is 0.00216. The normalized spacial score (nSPS) is 12.7. The summed E-state index contributed by atoms with van der Waals surface area (Å²) in [4.78, 5) is 24.4. The summed E-state index contributed by atoms with van der Waals surface area (Å²) in [6.45, 7) is 4.91. The van der Waals surface area contributed by atoms with Crippen LogP contribution < -0.4 is 5.32 Å². The van der Waals surface area contributed by atoms with Crippen LogP contribution in [0.5, 0.6) is 0 Å². The number of carbonyl (C=O) groups is 2. The van der Waals surface area contributed by atoms with Gasteiger partial charge in [0.2, 0.25) is 5.91 Å². The van der Waals surface area contributed by atoms with Crippen LogP contribution in [0.25, 0.3) is 0 Å². The Morgan fingerprint density at radius 1 is 0.474 bits per heavy atom. The second-order valence-corrected chi connectivity index (χ2v) is 17.5. The quantitative estimate of drug-likeness (QED) is 0.0323. The van der Waals surface area contributed by atoms with Crippen LogP contribution in [0.1, 0.15) is 277 Å². The lowest BCUT2D eigenvalue weighted by Gasteiger charge is -2.22. The van der Waals surface area contributed by atoms with Gasteiger partial charge in [0.1, 0.15) is 0 Å². The van der Waals surface area contributed by atoms with E-state index in [1.54, 1.807) is 0 Å². The maximum atomic E-state index is 12.4. The summed E-state index contributed by atoms with van der Waals surface area (Å²) in [5.74, 6) is -0.0435. The van der Waals surface area contributed by atoms with E-state index < -0.39 is 12.1 Å². The van der Waals surface area contributed by atoms with Gasteiger partial charge < -0.3 is 20.3 Å². The van der Waals surface area contributed by atoms with Crippen LogP contribution in [0.4, 0.5) is 0 Å². The predicted molar refractivity (Wildman–Crippen MR) is 246 cm³/mol. The third-order valence-electron chi connectivity index (χ3n) is 11.8. The van der Waals surface area contributed by atoms with Gasteiger partial charge in [0, 0.05) is 12.8 Å². The lowest BCUT2D eigenvalue weighted by atomic mass is 10.0. The van der Waals surface area contributed by atoms with E-state index in [0.717, 1.165) is 44.9 Å². The van der Waals surface area contributed by atoms with Crippen molar-refractivity contribution in [1.29, 1.82) is 0 Å². The van der Waals surface area contributed by atoms with Crippen molar-refractivity contribution < 1.29 is 24.5 Å². The van der Waals surface area contributed by atoms with Crippen LogP contribution in [-0.4, -0.2) is 47.4 Å². The highest BCUT2D eigenvalue weighted by Crippen LogP contribution is 2.16. The fourth-order valence-corrected chi connectivity index (χ4v) is 7.87. The molecule has 2 unspecified atom stereocenters. The van der Waals surface area contributed by atoms with Crippen molar-refractivity contribution >= 4 is 11.9 Å². The first-order valence-electron chi connectivity index (χ1n) is 25.4. The molecule has 0 bridgehead atoms. The number of unbranched alkanes of at least 4 members (excludes halogenated alkanes) is 34. The SMILES string of the molecule is CCCCCC/C=C\CCCCCCCC(=O)OCCCCCCCCCCCCCCCCCCCCC(=O)NC(CO)C(O)CCCCCCCCCCC. The van der Waals surface area contributed by atoms with Crippen LogP contribution in [0, 0.1) is 0 Å². The molecule has 0 aromatic rings. The lowest BCUT2D eigenvalue weighted by molar-refractivity contribution is -0.143. The summed E-state index contributed by atoms with van der Waals surface area (Å²) in [5, 5.41) is 23.1. The monoisotopic (exact) mass is 806 g/mol. The van der Waals surface area contributed by atoms with Gasteiger partial charge in [0.05, 0.1) is 25.4 Å². The number of carbonyl (C=O) groups excluding carboxylic acids is 2. The largest absolute Gasteiger partial charge is 0.466 e. The molecule has 0 rings (SSSR count). The Hall–Kier alpha value is -1.40. The van der Waals surface area contributed by atoms with E-state index in [9.17, 15) is 19.8 Å². The standard InChI is InChI=1S/C51H99NO5/c1-3-5-7-9-11-13-14-21-25-29-33-37-41-45-51(56)57-46-42-38-34-30-26-23-20-18-16-15-17-19-22-24-28-32-36-40-44-50(55)52-48(47-53)49(54)43-39-35-31-27-12-10-8-6-4-2/h13-14,48-49,53-54H,3-12,15-47H2,1-2H3,(H,52,55)/b14-13-. The Morgan fingerprint density at radius 3 is 1.26 bits per heavy atom. The number of allylic oxidation sites excluding steroid dienone is 2. The number of hydrogen-bond donors (Lipinski definition) is 3. The predicted octanol–water partition coefficient (Wildman–Crippen LogP) is 15.0. The molecule has 0 aliphatic carbocycles.